The van der Waals surface area contributed by atoms with E-state index in [0.717, 1.165) is 98.2 Å². The summed E-state index contributed by atoms with van der Waals surface area (Å²) in [4.78, 5) is 42.7. The quantitative estimate of drug-likeness (QED) is 0.148. The van der Waals surface area contributed by atoms with Gasteiger partial charge in [-0.3, -0.25) is 9.59 Å². The molecule has 276 valence electrons. The molecule has 2 aromatic heterocycles. The summed E-state index contributed by atoms with van der Waals surface area (Å²) >= 11 is 2.86. The average Bonchev–Trinajstić information content (AvgIpc) is 3.96. The summed E-state index contributed by atoms with van der Waals surface area (Å²) in [5.74, 6) is 2.02. The predicted molar refractivity (Wildman–Crippen MR) is 218 cm³/mol. The number of rotatable bonds is 10. The van der Waals surface area contributed by atoms with Gasteiger partial charge in [0.25, 0.3) is 0 Å². The molecule has 0 saturated carbocycles. The van der Waals surface area contributed by atoms with Crippen molar-refractivity contribution in [2.45, 2.75) is 25.7 Å². The second-order valence-electron chi connectivity index (χ2n) is 13.2. The van der Waals surface area contributed by atoms with Gasteiger partial charge in [-0.05, 0) is 24.0 Å². The molecular formula is C42H44N8O2S2. The summed E-state index contributed by atoms with van der Waals surface area (Å²) in [7, 11) is 0. The summed E-state index contributed by atoms with van der Waals surface area (Å²) in [6.45, 7) is 6.20. The molecule has 0 N–H and O–H groups in total. The molecule has 2 amide bonds. The Bertz CT molecular complexity index is 1900. The van der Waals surface area contributed by atoms with E-state index < -0.39 is 0 Å². The number of carbonyl (C=O) groups is 2. The molecule has 2 fully saturated rings. The zero-order chi connectivity index (χ0) is 37.0. The highest BCUT2D eigenvalue weighted by Gasteiger charge is 2.25. The van der Waals surface area contributed by atoms with Gasteiger partial charge >= 0.3 is 0 Å². The van der Waals surface area contributed by atoms with Gasteiger partial charge in [-0.15, -0.1) is 0 Å². The zero-order valence-corrected chi connectivity index (χ0v) is 31.9. The summed E-state index contributed by atoms with van der Waals surface area (Å²) in [6, 6.07) is 40.4. The number of aromatic nitrogens is 4. The van der Waals surface area contributed by atoms with Crippen LogP contribution in [0.2, 0.25) is 0 Å². The zero-order valence-electron chi connectivity index (χ0n) is 30.2. The maximum Gasteiger partial charge on any atom is 0.223 e. The molecule has 4 heterocycles. The van der Waals surface area contributed by atoms with Crippen molar-refractivity contribution >= 4 is 45.1 Å². The van der Waals surface area contributed by atoms with Crippen LogP contribution in [0.1, 0.15) is 24.0 Å². The van der Waals surface area contributed by atoms with Gasteiger partial charge in [0.05, 0.1) is 0 Å². The molecule has 6 aromatic rings. The van der Waals surface area contributed by atoms with E-state index in [1.165, 1.54) is 34.2 Å². The number of anilines is 2. The van der Waals surface area contributed by atoms with Crippen molar-refractivity contribution in [2.75, 3.05) is 62.2 Å². The van der Waals surface area contributed by atoms with Gasteiger partial charge in [-0.1, -0.05) is 121 Å². The Hall–Kier alpha value is -5.46. The van der Waals surface area contributed by atoms with E-state index in [1.807, 2.05) is 107 Å². The van der Waals surface area contributed by atoms with Crippen molar-refractivity contribution in [1.29, 1.82) is 0 Å². The highest BCUT2D eigenvalue weighted by Crippen LogP contribution is 2.26. The van der Waals surface area contributed by atoms with Crippen LogP contribution in [-0.4, -0.2) is 92.7 Å². The van der Waals surface area contributed by atoms with E-state index in [-0.39, 0.29) is 11.8 Å². The van der Waals surface area contributed by atoms with Crippen LogP contribution in [0.3, 0.4) is 0 Å². The second-order valence-corrected chi connectivity index (χ2v) is 14.7. The lowest BCUT2D eigenvalue weighted by molar-refractivity contribution is -0.132. The smallest absolute Gasteiger partial charge is 0.223 e. The molecule has 0 aliphatic carbocycles. The third-order valence-corrected chi connectivity index (χ3v) is 11.2. The summed E-state index contributed by atoms with van der Waals surface area (Å²) < 4.78 is 8.97. The Morgan fingerprint density at radius 2 is 0.796 bits per heavy atom. The number of amides is 2. The SMILES string of the molecule is O=C(CCc1ccccc1)N1CCN(c2nc(-c3ccccc3)ns2)CC1.O=C(CCc1ccccc1)N1CCN(c2nc(-c3ccccc3)ns2)CC1. The molecule has 2 aliphatic rings. The fourth-order valence-corrected chi connectivity index (χ4v) is 7.98. The maximum atomic E-state index is 12.5. The summed E-state index contributed by atoms with van der Waals surface area (Å²) in [5.41, 5.74) is 4.50. The highest BCUT2D eigenvalue weighted by atomic mass is 32.1. The Morgan fingerprint density at radius 3 is 1.15 bits per heavy atom. The number of nitrogens with zero attached hydrogens (tertiary/aromatic N) is 8. The standard InChI is InChI=1S/2C21H22N4OS/c2*26-19(12-11-17-7-3-1-4-8-17)24-13-15-25(16-14-24)21-22-20(23-27-21)18-9-5-2-6-10-18/h2*1-10H,11-16H2. The van der Waals surface area contributed by atoms with Gasteiger partial charge in [-0.25, -0.2) is 0 Å². The fraction of sp³-hybridized carbons (Fsp3) is 0.286. The molecule has 8 rings (SSSR count). The number of carbonyl (C=O) groups excluding carboxylic acids is 2. The molecule has 0 unspecified atom stereocenters. The van der Waals surface area contributed by atoms with Crippen LogP contribution in [0.15, 0.2) is 121 Å². The van der Waals surface area contributed by atoms with E-state index in [2.05, 4.69) is 52.8 Å². The van der Waals surface area contributed by atoms with E-state index in [0.29, 0.717) is 12.8 Å². The average molecular weight is 757 g/mol. The van der Waals surface area contributed by atoms with Gasteiger partial charge in [0.15, 0.2) is 11.6 Å². The number of hydrogen-bond acceptors (Lipinski definition) is 10. The lowest BCUT2D eigenvalue weighted by atomic mass is 10.1. The van der Waals surface area contributed by atoms with Crippen LogP contribution < -0.4 is 9.80 Å². The molecule has 0 atom stereocenters. The first kappa shape index (κ1) is 36.9. The maximum absolute atomic E-state index is 12.5. The minimum Gasteiger partial charge on any atom is -0.343 e. The first-order valence-corrected chi connectivity index (χ1v) is 20.1. The Morgan fingerprint density at radius 1 is 0.463 bits per heavy atom. The summed E-state index contributed by atoms with van der Waals surface area (Å²) in [6.07, 6.45) is 2.75. The van der Waals surface area contributed by atoms with E-state index in [9.17, 15) is 9.59 Å². The van der Waals surface area contributed by atoms with E-state index in [4.69, 9.17) is 0 Å². The number of hydrogen-bond donors (Lipinski definition) is 0. The number of piperazine rings is 2. The number of aryl methyl sites for hydroxylation is 2. The molecule has 54 heavy (non-hydrogen) atoms. The molecule has 0 radical (unpaired) electrons. The van der Waals surface area contributed by atoms with Crippen LogP contribution >= 0.6 is 23.1 Å². The molecule has 10 nitrogen and oxygen atoms in total. The van der Waals surface area contributed by atoms with Gasteiger partial charge in [-0.2, -0.15) is 18.7 Å². The Kier molecular flexibility index (Phi) is 12.7. The molecule has 2 aliphatic heterocycles. The molecule has 0 spiro atoms. The van der Waals surface area contributed by atoms with Crippen LogP contribution in [0.5, 0.6) is 0 Å². The molecule has 0 bridgehead atoms. The van der Waals surface area contributed by atoms with Crippen LogP contribution in [-0.2, 0) is 22.4 Å². The second kappa shape index (κ2) is 18.5. The largest absolute Gasteiger partial charge is 0.343 e. The topological polar surface area (TPSA) is 98.7 Å². The van der Waals surface area contributed by atoms with Crippen molar-refractivity contribution < 1.29 is 9.59 Å². The Labute approximate surface area is 325 Å². The predicted octanol–water partition coefficient (Wildman–Crippen LogP) is 6.97. The van der Waals surface area contributed by atoms with E-state index >= 15 is 0 Å². The lowest BCUT2D eigenvalue weighted by Crippen LogP contribution is -2.48. The van der Waals surface area contributed by atoms with Crippen molar-refractivity contribution in [2.24, 2.45) is 0 Å². The highest BCUT2D eigenvalue weighted by molar-refractivity contribution is 7.10. The fourth-order valence-electron chi connectivity index (χ4n) is 6.50. The van der Waals surface area contributed by atoms with Crippen LogP contribution in [0.4, 0.5) is 10.3 Å². The molecule has 2 saturated heterocycles. The lowest BCUT2D eigenvalue weighted by Gasteiger charge is -2.34. The van der Waals surface area contributed by atoms with Gasteiger partial charge in [0.2, 0.25) is 22.1 Å². The van der Waals surface area contributed by atoms with Crippen molar-refractivity contribution in [1.82, 2.24) is 28.5 Å². The molecule has 4 aromatic carbocycles. The molecular weight excluding hydrogens is 713 g/mol. The number of benzene rings is 4. The first-order valence-electron chi connectivity index (χ1n) is 18.5. The third kappa shape index (κ3) is 9.94. The minimum absolute atomic E-state index is 0.237. The first-order chi connectivity index (χ1) is 26.6. The van der Waals surface area contributed by atoms with Crippen LogP contribution in [0, 0.1) is 0 Å². The van der Waals surface area contributed by atoms with Crippen molar-refractivity contribution in [3.63, 3.8) is 0 Å². The van der Waals surface area contributed by atoms with Gasteiger partial charge in [0.1, 0.15) is 0 Å². The van der Waals surface area contributed by atoms with Gasteiger partial charge in [0, 0.05) is 99.4 Å². The van der Waals surface area contributed by atoms with Crippen molar-refractivity contribution in [3.8, 4) is 22.8 Å². The minimum atomic E-state index is 0.237. The summed E-state index contributed by atoms with van der Waals surface area (Å²) in [5, 5.41) is 1.87. The van der Waals surface area contributed by atoms with Gasteiger partial charge < -0.3 is 19.6 Å². The van der Waals surface area contributed by atoms with E-state index in [1.54, 1.807) is 0 Å². The normalized spacial score (nSPS) is 14.4. The third-order valence-electron chi connectivity index (χ3n) is 9.64. The molecule has 12 heteroatoms. The monoisotopic (exact) mass is 756 g/mol. The Balaban J connectivity index is 0.000000167. The van der Waals surface area contributed by atoms with Crippen molar-refractivity contribution in [3.05, 3.63) is 132 Å². The van der Waals surface area contributed by atoms with Crippen LogP contribution in [0.25, 0.3) is 22.8 Å².